The van der Waals surface area contributed by atoms with Gasteiger partial charge in [-0.25, -0.2) is 9.97 Å². The number of hydrogen-bond donors (Lipinski definition) is 1. The third-order valence-corrected chi connectivity index (χ3v) is 6.98. The van der Waals surface area contributed by atoms with Gasteiger partial charge in [-0.1, -0.05) is 48.2 Å². The molecule has 3 heterocycles. The standard InChI is InChI=1S/C25H26N4O2S/c1-16-23(18-7-3-5-9-20(18)26-16)24(30)17(2)32-25-19-8-4-6-10-21(19)27-22(28-25)15-29-11-13-31-14-12-29/h3-10,17,26H,11-15H2,1-2H3. The third kappa shape index (κ3) is 4.16. The fourth-order valence-corrected chi connectivity index (χ4v) is 5.25. The first-order valence-electron chi connectivity index (χ1n) is 10.9. The van der Waals surface area contributed by atoms with Crippen molar-refractivity contribution < 1.29 is 9.53 Å². The first-order valence-corrected chi connectivity index (χ1v) is 11.8. The van der Waals surface area contributed by atoms with Crippen LogP contribution < -0.4 is 0 Å². The van der Waals surface area contributed by atoms with Crippen LogP contribution in [0.1, 0.15) is 28.8 Å². The quantitative estimate of drug-likeness (QED) is 0.265. The van der Waals surface area contributed by atoms with Crippen LogP contribution in [0.5, 0.6) is 0 Å². The summed E-state index contributed by atoms with van der Waals surface area (Å²) in [5.74, 6) is 0.901. The maximum absolute atomic E-state index is 13.5. The van der Waals surface area contributed by atoms with Crippen LogP contribution in [0.15, 0.2) is 53.6 Å². The minimum atomic E-state index is -0.276. The summed E-state index contributed by atoms with van der Waals surface area (Å²) in [5, 5.41) is 2.54. The van der Waals surface area contributed by atoms with E-state index in [4.69, 9.17) is 14.7 Å². The molecule has 7 heteroatoms. The second-order valence-corrected chi connectivity index (χ2v) is 9.48. The Balaban J connectivity index is 1.45. The van der Waals surface area contributed by atoms with Gasteiger partial charge in [-0.15, -0.1) is 0 Å². The number of aromatic amines is 1. The zero-order valence-corrected chi connectivity index (χ0v) is 19.1. The predicted molar refractivity (Wildman–Crippen MR) is 128 cm³/mol. The molecule has 0 amide bonds. The molecular weight excluding hydrogens is 420 g/mol. The molecule has 6 nitrogen and oxygen atoms in total. The fourth-order valence-electron chi connectivity index (χ4n) is 4.23. The van der Waals surface area contributed by atoms with Gasteiger partial charge in [0.2, 0.25) is 0 Å². The highest BCUT2D eigenvalue weighted by molar-refractivity contribution is 8.00. The van der Waals surface area contributed by atoms with Crippen LogP contribution in [0.3, 0.4) is 0 Å². The summed E-state index contributed by atoms with van der Waals surface area (Å²) in [6.07, 6.45) is 0. The number of para-hydroxylation sites is 2. The SMILES string of the molecule is Cc1[nH]c2ccccc2c1C(=O)C(C)Sc1nc(CN2CCOCC2)nc2ccccc12. The average Bonchev–Trinajstić information content (AvgIpc) is 3.15. The number of ether oxygens (including phenoxy) is 1. The lowest BCUT2D eigenvalue weighted by Gasteiger charge is -2.26. The van der Waals surface area contributed by atoms with Gasteiger partial charge in [0.15, 0.2) is 5.78 Å². The van der Waals surface area contributed by atoms with E-state index in [0.717, 1.165) is 70.2 Å². The predicted octanol–water partition coefficient (Wildman–Crippen LogP) is 4.62. The molecule has 0 bridgehead atoms. The maximum atomic E-state index is 13.5. The molecule has 4 aromatic rings. The fraction of sp³-hybridized carbons (Fsp3) is 0.320. The van der Waals surface area contributed by atoms with Gasteiger partial charge in [0, 0.05) is 40.6 Å². The molecule has 0 saturated carbocycles. The number of carbonyl (C=O) groups is 1. The van der Waals surface area contributed by atoms with Crippen LogP contribution in [-0.4, -0.2) is 57.2 Å². The summed E-state index contributed by atoms with van der Waals surface area (Å²) >= 11 is 1.52. The zero-order valence-electron chi connectivity index (χ0n) is 18.3. The largest absolute Gasteiger partial charge is 0.379 e. The second-order valence-electron chi connectivity index (χ2n) is 8.15. The molecule has 32 heavy (non-hydrogen) atoms. The number of morpholine rings is 1. The van der Waals surface area contributed by atoms with Crippen LogP contribution >= 0.6 is 11.8 Å². The number of benzene rings is 2. The van der Waals surface area contributed by atoms with Gasteiger partial charge < -0.3 is 9.72 Å². The molecular formula is C25H26N4O2S. The van der Waals surface area contributed by atoms with Crippen molar-refractivity contribution in [1.29, 1.82) is 0 Å². The van der Waals surface area contributed by atoms with Crippen molar-refractivity contribution in [2.24, 2.45) is 0 Å². The molecule has 1 aliphatic heterocycles. The summed E-state index contributed by atoms with van der Waals surface area (Å²) in [4.78, 5) is 28.8. The van der Waals surface area contributed by atoms with E-state index >= 15 is 0 Å². The Morgan fingerprint density at radius 2 is 1.81 bits per heavy atom. The Morgan fingerprint density at radius 1 is 1.09 bits per heavy atom. The number of nitrogens with one attached hydrogen (secondary N) is 1. The van der Waals surface area contributed by atoms with Crippen molar-refractivity contribution in [2.75, 3.05) is 26.3 Å². The highest BCUT2D eigenvalue weighted by atomic mass is 32.2. The van der Waals surface area contributed by atoms with Crippen molar-refractivity contribution >= 4 is 39.4 Å². The van der Waals surface area contributed by atoms with Gasteiger partial charge in [-0.2, -0.15) is 0 Å². The van der Waals surface area contributed by atoms with E-state index in [1.807, 2.05) is 62.4 Å². The Morgan fingerprint density at radius 3 is 2.62 bits per heavy atom. The second kappa shape index (κ2) is 9.02. The van der Waals surface area contributed by atoms with Gasteiger partial charge >= 0.3 is 0 Å². The van der Waals surface area contributed by atoms with Crippen molar-refractivity contribution in [2.45, 2.75) is 30.7 Å². The lowest BCUT2D eigenvalue weighted by atomic mass is 10.1. The molecule has 0 radical (unpaired) electrons. The normalized spacial score (nSPS) is 15.9. The van der Waals surface area contributed by atoms with Crippen LogP contribution in [0.2, 0.25) is 0 Å². The number of aryl methyl sites for hydroxylation is 1. The number of thioether (sulfide) groups is 1. The van der Waals surface area contributed by atoms with E-state index in [2.05, 4.69) is 9.88 Å². The van der Waals surface area contributed by atoms with Crippen molar-refractivity contribution in [3.05, 3.63) is 65.6 Å². The minimum absolute atomic E-state index is 0.113. The third-order valence-electron chi connectivity index (χ3n) is 5.88. The monoisotopic (exact) mass is 446 g/mol. The Labute approximate surface area is 191 Å². The van der Waals surface area contributed by atoms with Crippen LogP contribution in [0.4, 0.5) is 0 Å². The Bertz CT molecular complexity index is 1280. The molecule has 1 aliphatic rings. The van der Waals surface area contributed by atoms with Crippen LogP contribution in [0.25, 0.3) is 21.8 Å². The van der Waals surface area contributed by atoms with Crippen LogP contribution in [0, 0.1) is 6.92 Å². The Kier molecular flexibility index (Phi) is 5.95. The number of nitrogens with zero attached hydrogens (tertiary/aromatic N) is 3. The summed E-state index contributed by atoms with van der Waals surface area (Å²) in [5.41, 5.74) is 3.58. The molecule has 164 valence electrons. The molecule has 5 rings (SSSR count). The first kappa shape index (κ1) is 21.1. The lowest BCUT2D eigenvalue weighted by Crippen LogP contribution is -2.36. The highest BCUT2D eigenvalue weighted by Gasteiger charge is 2.24. The number of hydrogen-bond acceptors (Lipinski definition) is 6. The minimum Gasteiger partial charge on any atom is -0.379 e. The number of carbonyl (C=O) groups excluding carboxylic acids is 1. The van der Waals surface area contributed by atoms with Crippen molar-refractivity contribution in [1.82, 2.24) is 19.9 Å². The zero-order chi connectivity index (χ0) is 22.1. The number of fused-ring (bicyclic) bond motifs is 2. The van der Waals surface area contributed by atoms with E-state index in [0.29, 0.717) is 6.54 Å². The number of aromatic nitrogens is 3. The molecule has 1 unspecified atom stereocenters. The van der Waals surface area contributed by atoms with E-state index < -0.39 is 0 Å². The molecule has 0 aliphatic carbocycles. The molecule has 1 atom stereocenters. The van der Waals surface area contributed by atoms with Gasteiger partial charge in [0.1, 0.15) is 10.9 Å². The molecule has 2 aromatic heterocycles. The highest BCUT2D eigenvalue weighted by Crippen LogP contribution is 2.32. The number of ketones is 1. The maximum Gasteiger partial charge on any atom is 0.178 e. The van der Waals surface area contributed by atoms with E-state index in [1.54, 1.807) is 0 Å². The Hall–Kier alpha value is -2.74. The molecule has 0 spiro atoms. The molecule has 1 N–H and O–H groups in total. The summed E-state index contributed by atoms with van der Waals surface area (Å²) < 4.78 is 5.46. The number of rotatable bonds is 6. The van der Waals surface area contributed by atoms with Crippen molar-refractivity contribution in [3.63, 3.8) is 0 Å². The topological polar surface area (TPSA) is 71.1 Å². The van der Waals surface area contributed by atoms with E-state index in [-0.39, 0.29) is 11.0 Å². The molecule has 1 saturated heterocycles. The van der Waals surface area contributed by atoms with Crippen molar-refractivity contribution in [3.8, 4) is 0 Å². The van der Waals surface area contributed by atoms with Gasteiger partial charge in [0.25, 0.3) is 0 Å². The van der Waals surface area contributed by atoms with Gasteiger partial charge in [-0.3, -0.25) is 9.69 Å². The summed E-state index contributed by atoms with van der Waals surface area (Å²) in [6, 6.07) is 16.0. The lowest BCUT2D eigenvalue weighted by molar-refractivity contribution is 0.0330. The van der Waals surface area contributed by atoms with E-state index in [1.165, 1.54) is 11.8 Å². The molecule has 2 aromatic carbocycles. The van der Waals surface area contributed by atoms with Gasteiger partial charge in [0.05, 0.1) is 30.5 Å². The number of Topliss-reactive ketones (excluding diaryl/α,β-unsaturated/α-hetero) is 1. The molecule has 1 fully saturated rings. The van der Waals surface area contributed by atoms with E-state index in [9.17, 15) is 4.79 Å². The smallest absolute Gasteiger partial charge is 0.178 e. The summed E-state index contributed by atoms with van der Waals surface area (Å²) in [7, 11) is 0. The number of H-pyrrole nitrogens is 1. The summed E-state index contributed by atoms with van der Waals surface area (Å²) in [6.45, 7) is 7.86. The average molecular weight is 447 g/mol. The van der Waals surface area contributed by atoms with Gasteiger partial charge in [-0.05, 0) is 26.0 Å². The van der Waals surface area contributed by atoms with Crippen LogP contribution in [-0.2, 0) is 11.3 Å². The first-order chi connectivity index (χ1) is 15.6.